The minimum absolute atomic E-state index is 0.0514. The molecular formula is C17H17ClFN3O. The molecule has 0 spiro atoms. The van der Waals surface area contributed by atoms with E-state index in [4.69, 9.17) is 11.6 Å². The van der Waals surface area contributed by atoms with Crippen molar-refractivity contribution in [1.29, 1.82) is 0 Å². The van der Waals surface area contributed by atoms with Crippen molar-refractivity contribution >= 4 is 28.9 Å². The van der Waals surface area contributed by atoms with Crippen molar-refractivity contribution in [2.45, 2.75) is 31.7 Å². The molecular weight excluding hydrogens is 317 g/mol. The van der Waals surface area contributed by atoms with Crippen LogP contribution < -0.4 is 10.6 Å². The van der Waals surface area contributed by atoms with Gasteiger partial charge < -0.3 is 10.6 Å². The molecule has 2 N–H and O–H groups in total. The van der Waals surface area contributed by atoms with Crippen molar-refractivity contribution in [2.24, 2.45) is 0 Å². The van der Waals surface area contributed by atoms with Crippen molar-refractivity contribution in [3.63, 3.8) is 0 Å². The summed E-state index contributed by atoms with van der Waals surface area (Å²) in [5.74, 6) is -0.609. The molecule has 1 amide bonds. The monoisotopic (exact) mass is 333 g/mol. The highest BCUT2D eigenvalue weighted by atomic mass is 35.5. The van der Waals surface area contributed by atoms with Crippen LogP contribution in [0.3, 0.4) is 0 Å². The van der Waals surface area contributed by atoms with Crippen LogP contribution in [-0.4, -0.2) is 16.9 Å². The fourth-order valence-electron chi connectivity index (χ4n) is 2.67. The highest BCUT2D eigenvalue weighted by Crippen LogP contribution is 2.22. The Morgan fingerprint density at radius 3 is 2.57 bits per heavy atom. The zero-order chi connectivity index (χ0) is 16.2. The van der Waals surface area contributed by atoms with Crippen LogP contribution in [-0.2, 0) is 0 Å². The predicted octanol–water partition coefficient (Wildman–Crippen LogP) is 4.29. The molecule has 1 heterocycles. The van der Waals surface area contributed by atoms with Crippen molar-refractivity contribution in [2.75, 3.05) is 5.32 Å². The average Bonchev–Trinajstić information content (AvgIpc) is 3.04. The van der Waals surface area contributed by atoms with Crippen LogP contribution in [0.2, 0.25) is 5.02 Å². The van der Waals surface area contributed by atoms with Crippen LogP contribution in [0.15, 0.2) is 36.5 Å². The molecule has 0 bridgehead atoms. The number of pyridine rings is 1. The number of nitrogens with zero attached hydrogens (tertiary/aromatic N) is 1. The Morgan fingerprint density at radius 1 is 1.17 bits per heavy atom. The number of anilines is 2. The van der Waals surface area contributed by atoms with Crippen LogP contribution in [0.25, 0.3) is 0 Å². The summed E-state index contributed by atoms with van der Waals surface area (Å²) in [5, 5.41) is 6.11. The molecule has 23 heavy (non-hydrogen) atoms. The third kappa shape index (κ3) is 3.99. The lowest BCUT2D eigenvalue weighted by molar-refractivity contribution is 0.0933. The number of carbonyl (C=O) groups is 1. The number of halogens is 2. The van der Waals surface area contributed by atoms with E-state index < -0.39 is 5.82 Å². The lowest BCUT2D eigenvalue weighted by atomic mass is 10.2. The average molecular weight is 334 g/mol. The normalized spacial score (nSPS) is 14.7. The molecule has 0 atom stereocenters. The quantitative estimate of drug-likeness (QED) is 0.877. The third-order valence-corrected chi connectivity index (χ3v) is 4.18. The van der Waals surface area contributed by atoms with Gasteiger partial charge in [-0.3, -0.25) is 4.79 Å². The molecule has 1 aromatic carbocycles. The molecule has 1 aromatic heterocycles. The number of amides is 1. The maximum absolute atomic E-state index is 13.1. The summed E-state index contributed by atoms with van der Waals surface area (Å²) in [6.45, 7) is 0. The maximum Gasteiger partial charge on any atom is 0.270 e. The molecule has 1 aliphatic carbocycles. The number of aromatic nitrogens is 1. The summed E-state index contributed by atoms with van der Waals surface area (Å²) in [5.41, 5.74) is 1.74. The summed E-state index contributed by atoms with van der Waals surface area (Å²) in [4.78, 5) is 16.3. The highest BCUT2D eigenvalue weighted by molar-refractivity contribution is 6.31. The van der Waals surface area contributed by atoms with Gasteiger partial charge in [0, 0.05) is 11.7 Å². The first kappa shape index (κ1) is 15.7. The number of hydrogen-bond acceptors (Lipinski definition) is 3. The lowest BCUT2D eigenvalue weighted by Gasteiger charge is -2.12. The minimum atomic E-state index is -0.464. The fourth-order valence-corrected chi connectivity index (χ4v) is 2.85. The van der Waals surface area contributed by atoms with E-state index in [0.717, 1.165) is 12.8 Å². The zero-order valence-corrected chi connectivity index (χ0v) is 13.2. The van der Waals surface area contributed by atoms with E-state index in [0.29, 0.717) is 17.1 Å². The Balaban J connectivity index is 1.64. The van der Waals surface area contributed by atoms with Crippen molar-refractivity contribution in [3.05, 3.63) is 53.1 Å². The summed E-state index contributed by atoms with van der Waals surface area (Å²) in [6, 6.07) is 8.07. The molecule has 1 aliphatic rings. The first-order chi connectivity index (χ1) is 11.1. The van der Waals surface area contributed by atoms with Crippen LogP contribution in [0.4, 0.5) is 15.8 Å². The number of carbonyl (C=O) groups excluding carboxylic acids is 1. The fraction of sp³-hybridized carbons (Fsp3) is 0.294. The van der Waals surface area contributed by atoms with Gasteiger partial charge in [0.05, 0.1) is 16.9 Å². The highest BCUT2D eigenvalue weighted by Gasteiger charge is 2.18. The van der Waals surface area contributed by atoms with E-state index >= 15 is 0 Å². The molecule has 1 saturated carbocycles. The molecule has 4 nitrogen and oxygen atoms in total. The van der Waals surface area contributed by atoms with Crippen molar-refractivity contribution in [3.8, 4) is 0 Å². The summed E-state index contributed by atoms with van der Waals surface area (Å²) >= 11 is 5.74. The Labute approximate surface area is 139 Å². The summed E-state index contributed by atoms with van der Waals surface area (Å²) in [7, 11) is 0. The number of benzene rings is 1. The Kier molecular flexibility index (Phi) is 4.76. The molecule has 2 aromatic rings. The molecule has 0 unspecified atom stereocenters. The molecule has 3 rings (SSSR count). The first-order valence-electron chi connectivity index (χ1n) is 7.61. The summed E-state index contributed by atoms with van der Waals surface area (Å²) in [6.07, 6.45) is 5.98. The van der Waals surface area contributed by atoms with E-state index in [9.17, 15) is 9.18 Å². The van der Waals surface area contributed by atoms with Gasteiger partial charge in [-0.05, 0) is 43.2 Å². The van der Waals surface area contributed by atoms with Crippen LogP contribution in [0.5, 0.6) is 0 Å². The molecule has 6 heteroatoms. The second-order valence-corrected chi connectivity index (χ2v) is 6.05. The SMILES string of the molecule is O=C(NC1CCCC1)c1ccc(Nc2ccc(F)c(Cl)c2)cn1. The minimum Gasteiger partial charge on any atom is -0.354 e. The number of rotatable bonds is 4. The van der Waals surface area contributed by atoms with E-state index in [1.807, 2.05) is 0 Å². The largest absolute Gasteiger partial charge is 0.354 e. The van der Waals surface area contributed by atoms with Crippen LogP contribution in [0.1, 0.15) is 36.2 Å². The Bertz CT molecular complexity index is 699. The standard InChI is InChI=1S/C17H17ClFN3O/c18-14-9-12(5-7-15(14)19)21-13-6-8-16(20-10-13)17(23)22-11-3-1-2-4-11/h5-11,21H,1-4H2,(H,22,23). The molecule has 1 fully saturated rings. The van der Waals surface area contributed by atoms with Gasteiger partial charge in [-0.15, -0.1) is 0 Å². The Morgan fingerprint density at radius 2 is 1.91 bits per heavy atom. The topological polar surface area (TPSA) is 54.0 Å². The van der Waals surface area contributed by atoms with Crippen molar-refractivity contribution in [1.82, 2.24) is 10.3 Å². The van der Waals surface area contributed by atoms with Crippen LogP contribution >= 0.6 is 11.6 Å². The van der Waals surface area contributed by atoms with Gasteiger partial charge in [0.15, 0.2) is 0 Å². The number of hydrogen-bond donors (Lipinski definition) is 2. The van der Waals surface area contributed by atoms with E-state index in [2.05, 4.69) is 15.6 Å². The van der Waals surface area contributed by atoms with E-state index in [-0.39, 0.29) is 17.0 Å². The Hall–Kier alpha value is -2.14. The molecule has 0 saturated heterocycles. The zero-order valence-electron chi connectivity index (χ0n) is 12.5. The summed E-state index contributed by atoms with van der Waals surface area (Å²) < 4.78 is 13.1. The van der Waals surface area contributed by atoms with Gasteiger partial charge in [0.25, 0.3) is 5.91 Å². The van der Waals surface area contributed by atoms with Crippen LogP contribution in [0, 0.1) is 5.82 Å². The lowest BCUT2D eigenvalue weighted by Crippen LogP contribution is -2.33. The van der Waals surface area contributed by atoms with Gasteiger partial charge in [0.2, 0.25) is 0 Å². The first-order valence-corrected chi connectivity index (χ1v) is 7.98. The van der Waals surface area contributed by atoms with Gasteiger partial charge in [0.1, 0.15) is 11.5 Å². The smallest absolute Gasteiger partial charge is 0.270 e. The molecule has 120 valence electrons. The van der Waals surface area contributed by atoms with Gasteiger partial charge >= 0.3 is 0 Å². The van der Waals surface area contributed by atoms with Gasteiger partial charge in [-0.2, -0.15) is 0 Å². The van der Waals surface area contributed by atoms with Gasteiger partial charge in [-0.25, -0.2) is 9.37 Å². The maximum atomic E-state index is 13.1. The second-order valence-electron chi connectivity index (χ2n) is 5.64. The predicted molar refractivity (Wildman–Crippen MR) is 88.7 cm³/mol. The van der Waals surface area contributed by atoms with E-state index in [1.54, 1.807) is 24.4 Å². The van der Waals surface area contributed by atoms with Gasteiger partial charge in [-0.1, -0.05) is 24.4 Å². The molecule has 0 aliphatic heterocycles. The molecule has 0 radical (unpaired) electrons. The third-order valence-electron chi connectivity index (χ3n) is 3.89. The van der Waals surface area contributed by atoms with Crippen molar-refractivity contribution < 1.29 is 9.18 Å². The number of nitrogens with one attached hydrogen (secondary N) is 2. The second kappa shape index (κ2) is 6.96. The van der Waals surface area contributed by atoms with E-state index in [1.165, 1.54) is 25.0 Å².